The van der Waals surface area contributed by atoms with E-state index in [1.807, 2.05) is 4.90 Å². The van der Waals surface area contributed by atoms with Crippen molar-refractivity contribution in [3.63, 3.8) is 0 Å². The Morgan fingerprint density at radius 3 is 2.43 bits per heavy atom. The van der Waals surface area contributed by atoms with E-state index < -0.39 is 17.5 Å². The summed E-state index contributed by atoms with van der Waals surface area (Å²) in [4.78, 5) is 36.5. The first-order chi connectivity index (χ1) is 20.2. The van der Waals surface area contributed by atoms with E-state index in [1.54, 1.807) is 30.3 Å². The van der Waals surface area contributed by atoms with Gasteiger partial charge >= 0.3 is 0 Å². The van der Waals surface area contributed by atoms with Crippen molar-refractivity contribution >= 4 is 29.2 Å². The van der Waals surface area contributed by atoms with Crippen LogP contribution in [0.3, 0.4) is 0 Å². The Morgan fingerprint density at radius 2 is 1.79 bits per heavy atom. The lowest BCUT2D eigenvalue weighted by molar-refractivity contribution is 0.0525. The van der Waals surface area contributed by atoms with E-state index in [-0.39, 0.29) is 25.5 Å². The highest BCUT2D eigenvalue weighted by atomic mass is 35.5. The summed E-state index contributed by atoms with van der Waals surface area (Å²) in [7, 11) is 0. The summed E-state index contributed by atoms with van der Waals surface area (Å²) in [6.07, 6.45) is 3.25. The SMILES string of the molecule is C[C@H]1CN(c2ncc(C(=O)NCc3ccc(F)c(F)c3)cc2Cl)CCN1C1CCN(C(=O)c2ccc(C#N)cc2)CC1.[HH]. The van der Waals surface area contributed by atoms with E-state index in [9.17, 15) is 18.4 Å². The van der Waals surface area contributed by atoms with Crippen LogP contribution in [0.1, 0.15) is 53.0 Å². The summed E-state index contributed by atoms with van der Waals surface area (Å²) in [6.45, 7) is 5.85. The van der Waals surface area contributed by atoms with Crippen molar-refractivity contribution in [1.29, 1.82) is 5.26 Å². The standard InChI is InChI=1S/C31H31ClF2N6O2.H2/c1-20-19-39(29-26(32)15-24(18-36-29)30(41)37-17-22-4-7-27(33)28(34)14-22)12-13-40(20)25-8-10-38(11-9-25)31(42)23-5-2-21(16-35)3-6-23;/h2-7,14-15,18,20,25H,8-13,17,19H2,1H3,(H,37,41);1H/t20-;/m0./s1. The second kappa shape index (κ2) is 12.8. The number of piperazine rings is 1. The number of piperidine rings is 1. The molecule has 2 aliphatic heterocycles. The minimum absolute atomic E-state index is 0. The topological polar surface area (TPSA) is 92.6 Å². The highest BCUT2D eigenvalue weighted by molar-refractivity contribution is 6.33. The number of carbonyl (C=O) groups is 2. The van der Waals surface area contributed by atoms with Gasteiger partial charge in [0, 0.05) is 64.5 Å². The van der Waals surface area contributed by atoms with E-state index in [2.05, 4.69) is 33.1 Å². The lowest BCUT2D eigenvalue weighted by atomic mass is 9.99. The molecular formula is C31H33ClF2N6O2. The Bertz CT molecular complexity index is 1510. The molecule has 2 aliphatic rings. The number of likely N-dealkylation sites (tertiary alicyclic amines) is 1. The Balaban J connectivity index is 0.00000423. The molecule has 2 amide bonds. The molecular weight excluding hydrogens is 562 g/mol. The van der Waals surface area contributed by atoms with Gasteiger partial charge in [-0.05, 0) is 67.8 Å². The van der Waals surface area contributed by atoms with Crippen LogP contribution in [-0.2, 0) is 6.54 Å². The number of carbonyl (C=O) groups excluding carboxylic acids is 2. The zero-order valence-electron chi connectivity index (χ0n) is 23.2. The van der Waals surface area contributed by atoms with Crippen molar-refractivity contribution < 1.29 is 19.8 Å². The van der Waals surface area contributed by atoms with Crippen LogP contribution < -0.4 is 10.2 Å². The van der Waals surface area contributed by atoms with E-state index >= 15 is 0 Å². The molecule has 1 N–H and O–H groups in total. The summed E-state index contributed by atoms with van der Waals surface area (Å²) < 4.78 is 26.6. The second-order valence-corrected chi connectivity index (χ2v) is 11.1. The normalized spacial score (nSPS) is 18.0. The first-order valence-electron chi connectivity index (χ1n) is 13.9. The summed E-state index contributed by atoms with van der Waals surface area (Å²) >= 11 is 6.57. The zero-order valence-corrected chi connectivity index (χ0v) is 24.0. The summed E-state index contributed by atoms with van der Waals surface area (Å²) in [5.41, 5.74) is 1.85. The number of aromatic nitrogens is 1. The van der Waals surface area contributed by atoms with Gasteiger partial charge in [0.15, 0.2) is 11.6 Å². The minimum Gasteiger partial charge on any atom is -0.353 e. The summed E-state index contributed by atoms with van der Waals surface area (Å²) in [6, 6.07) is 14.5. The summed E-state index contributed by atoms with van der Waals surface area (Å²) in [5.74, 6) is -1.71. The molecule has 0 unspecified atom stereocenters. The molecule has 2 aromatic carbocycles. The molecule has 0 saturated carbocycles. The largest absolute Gasteiger partial charge is 0.353 e. The molecule has 5 rings (SSSR count). The van der Waals surface area contributed by atoms with Crippen molar-refractivity contribution in [2.45, 2.75) is 38.4 Å². The number of pyridine rings is 1. The van der Waals surface area contributed by atoms with Gasteiger partial charge in [-0.15, -0.1) is 0 Å². The Labute approximate surface area is 250 Å². The molecule has 220 valence electrons. The van der Waals surface area contributed by atoms with Gasteiger partial charge in [0.05, 0.1) is 22.2 Å². The van der Waals surface area contributed by atoms with E-state index in [0.29, 0.717) is 46.7 Å². The van der Waals surface area contributed by atoms with Crippen LogP contribution in [-0.4, -0.2) is 71.4 Å². The maximum absolute atomic E-state index is 13.4. The number of hydrogen-bond acceptors (Lipinski definition) is 6. The van der Waals surface area contributed by atoms with Gasteiger partial charge in [0.25, 0.3) is 11.8 Å². The minimum atomic E-state index is -0.967. The van der Waals surface area contributed by atoms with Crippen molar-refractivity contribution in [3.05, 3.63) is 93.6 Å². The number of anilines is 1. The Kier molecular flexibility index (Phi) is 9.00. The molecule has 0 spiro atoms. The smallest absolute Gasteiger partial charge is 0.253 e. The number of amides is 2. The fraction of sp³-hybridized carbons (Fsp3) is 0.355. The average Bonchev–Trinajstić information content (AvgIpc) is 3.01. The monoisotopic (exact) mass is 594 g/mol. The number of halogens is 3. The third-order valence-corrected chi connectivity index (χ3v) is 8.26. The van der Waals surface area contributed by atoms with Crippen LogP contribution in [0.4, 0.5) is 14.6 Å². The van der Waals surface area contributed by atoms with Crippen LogP contribution in [0.15, 0.2) is 54.7 Å². The molecule has 0 aliphatic carbocycles. The second-order valence-electron chi connectivity index (χ2n) is 10.7. The number of nitriles is 1. The van der Waals surface area contributed by atoms with Crippen LogP contribution >= 0.6 is 11.6 Å². The molecule has 3 aromatic rings. The molecule has 2 saturated heterocycles. The third kappa shape index (κ3) is 6.53. The Hall–Kier alpha value is -4.07. The maximum atomic E-state index is 13.4. The van der Waals surface area contributed by atoms with Gasteiger partial charge in [-0.25, -0.2) is 13.8 Å². The average molecular weight is 595 g/mol. The van der Waals surface area contributed by atoms with Gasteiger partial charge < -0.3 is 15.1 Å². The molecule has 11 heteroatoms. The van der Waals surface area contributed by atoms with Gasteiger partial charge in [-0.3, -0.25) is 14.5 Å². The lowest BCUT2D eigenvalue weighted by Crippen LogP contribution is -2.58. The van der Waals surface area contributed by atoms with Gasteiger partial charge in [0.1, 0.15) is 5.82 Å². The first kappa shape index (κ1) is 29.4. The van der Waals surface area contributed by atoms with Gasteiger partial charge in [0.2, 0.25) is 0 Å². The van der Waals surface area contributed by atoms with Crippen molar-refractivity contribution in [1.82, 2.24) is 20.1 Å². The number of nitrogens with zero attached hydrogens (tertiary/aromatic N) is 5. The van der Waals surface area contributed by atoms with Gasteiger partial charge in [-0.1, -0.05) is 17.7 Å². The van der Waals surface area contributed by atoms with E-state index in [4.69, 9.17) is 16.9 Å². The molecule has 2 fully saturated rings. The summed E-state index contributed by atoms with van der Waals surface area (Å²) in [5, 5.41) is 12.0. The maximum Gasteiger partial charge on any atom is 0.253 e. The third-order valence-electron chi connectivity index (χ3n) is 7.98. The van der Waals surface area contributed by atoms with E-state index in [1.165, 1.54) is 12.3 Å². The molecule has 42 heavy (non-hydrogen) atoms. The molecule has 0 radical (unpaired) electrons. The lowest BCUT2D eigenvalue weighted by Gasteiger charge is -2.46. The van der Waals surface area contributed by atoms with Crippen LogP contribution in [0.25, 0.3) is 0 Å². The fourth-order valence-electron chi connectivity index (χ4n) is 5.70. The predicted octanol–water partition coefficient (Wildman–Crippen LogP) is 4.88. The predicted molar refractivity (Wildman–Crippen MR) is 157 cm³/mol. The molecule has 3 heterocycles. The molecule has 1 atom stereocenters. The molecule has 8 nitrogen and oxygen atoms in total. The Morgan fingerprint density at radius 1 is 1.05 bits per heavy atom. The number of benzene rings is 2. The van der Waals surface area contributed by atoms with Crippen LogP contribution in [0, 0.1) is 23.0 Å². The fourth-order valence-corrected chi connectivity index (χ4v) is 5.98. The van der Waals surface area contributed by atoms with Gasteiger partial charge in [-0.2, -0.15) is 5.26 Å². The number of rotatable bonds is 6. The number of nitrogens with one attached hydrogen (secondary N) is 1. The van der Waals surface area contributed by atoms with Crippen molar-refractivity contribution in [2.24, 2.45) is 0 Å². The van der Waals surface area contributed by atoms with E-state index in [0.717, 1.165) is 44.6 Å². The highest BCUT2D eigenvalue weighted by Crippen LogP contribution is 2.29. The van der Waals surface area contributed by atoms with Crippen molar-refractivity contribution in [2.75, 3.05) is 37.6 Å². The van der Waals surface area contributed by atoms with Crippen molar-refractivity contribution in [3.8, 4) is 6.07 Å². The first-order valence-corrected chi connectivity index (χ1v) is 14.3. The highest BCUT2D eigenvalue weighted by Gasteiger charge is 2.33. The number of hydrogen-bond donors (Lipinski definition) is 1. The zero-order chi connectivity index (χ0) is 29.8. The quantitative estimate of drug-likeness (QED) is 0.438. The van der Waals surface area contributed by atoms with Crippen LogP contribution in [0.2, 0.25) is 5.02 Å². The van der Waals surface area contributed by atoms with Crippen LogP contribution in [0.5, 0.6) is 0 Å². The molecule has 1 aromatic heterocycles. The molecule has 0 bridgehead atoms.